The van der Waals surface area contributed by atoms with Gasteiger partial charge < -0.3 is 15.4 Å². The molecule has 6 heteroatoms. The lowest BCUT2D eigenvalue weighted by Crippen LogP contribution is -2.47. The van der Waals surface area contributed by atoms with Gasteiger partial charge in [-0.25, -0.2) is 0 Å². The van der Waals surface area contributed by atoms with Crippen molar-refractivity contribution >= 4 is 5.96 Å². The molecule has 2 rings (SSSR count). The zero-order chi connectivity index (χ0) is 16.5. The monoisotopic (exact) mass is 321 g/mol. The Labute approximate surface area is 139 Å². The van der Waals surface area contributed by atoms with Crippen LogP contribution in [0.15, 0.2) is 23.5 Å². The molecular weight excluding hydrogens is 290 g/mol. The van der Waals surface area contributed by atoms with E-state index in [1.807, 2.05) is 30.2 Å². The molecule has 130 valence electrons. The second-order valence-corrected chi connectivity index (χ2v) is 6.74. The number of methoxy groups -OCH3 is 1. The second kappa shape index (κ2) is 8.91. The Balaban J connectivity index is 1.70. The molecule has 1 aromatic rings. The highest BCUT2D eigenvalue weighted by Crippen LogP contribution is 2.43. The average molecular weight is 321 g/mol. The smallest absolute Gasteiger partial charge is 0.191 e. The minimum absolute atomic E-state index is 0.397. The van der Waals surface area contributed by atoms with E-state index in [-0.39, 0.29) is 0 Å². The molecule has 1 heterocycles. The van der Waals surface area contributed by atoms with E-state index in [9.17, 15) is 0 Å². The summed E-state index contributed by atoms with van der Waals surface area (Å²) in [5, 5.41) is 11.2. The maximum Gasteiger partial charge on any atom is 0.191 e. The fourth-order valence-electron chi connectivity index (χ4n) is 3.07. The quantitative estimate of drug-likeness (QED) is 0.538. The maximum atomic E-state index is 5.25. The molecule has 0 amide bonds. The third-order valence-corrected chi connectivity index (χ3v) is 4.78. The van der Waals surface area contributed by atoms with E-state index in [1.165, 1.54) is 19.3 Å². The van der Waals surface area contributed by atoms with Gasteiger partial charge in [0.25, 0.3) is 0 Å². The van der Waals surface area contributed by atoms with E-state index in [2.05, 4.69) is 27.6 Å². The molecule has 0 spiro atoms. The van der Waals surface area contributed by atoms with E-state index >= 15 is 0 Å². The third kappa shape index (κ3) is 5.53. The van der Waals surface area contributed by atoms with Gasteiger partial charge >= 0.3 is 0 Å². The fourth-order valence-corrected chi connectivity index (χ4v) is 3.07. The van der Waals surface area contributed by atoms with Crippen LogP contribution in [0.1, 0.15) is 32.6 Å². The largest absolute Gasteiger partial charge is 0.385 e. The standard InChI is InChI=1S/C17H31N5O/c1-15(13-22-10-5-9-21-22)12-19-16(18-2)20-14-17(6-4-7-17)8-11-23-3/h5,9-10,15H,4,6-8,11-14H2,1-3H3,(H2,18,19,20). The van der Waals surface area contributed by atoms with Gasteiger partial charge in [0.1, 0.15) is 0 Å². The molecule has 0 bridgehead atoms. The Hall–Kier alpha value is -1.56. The predicted molar refractivity (Wildman–Crippen MR) is 93.5 cm³/mol. The van der Waals surface area contributed by atoms with Gasteiger partial charge in [-0.1, -0.05) is 13.3 Å². The topological polar surface area (TPSA) is 63.5 Å². The van der Waals surface area contributed by atoms with Crippen molar-refractivity contribution < 1.29 is 4.74 Å². The zero-order valence-electron chi connectivity index (χ0n) is 14.7. The molecule has 1 aromatic heterocycles. The molecule has 0 aliphatic heterocycles. The van der Waals surface area contributed by atoms with Gasteiger partial charge in [-0.2, -0.15) is 5.10 Å². The van der Waals surface area contributed by atoms with Gasteiger partial charge in [-0.05, 0) is 36.7 Å². The summed E-state index contributed by atoms with van der Waals surface area (Å²) in [6, 6.07) is 1.96. The number of hydrogen-bond donors (Lipinski definition) is 2. The van der Waals surface area contributed by atoms with Crippen LogP contribution in [-0.2, 0) is 11.3 Å². The maximum absolute atomic E-state index is 5.25. The second-order valence-electron chi connectivity index (χ2n) is 6.74. The van der Waals surface area contributed by atoms with Crippen LogP contribution in [0.4, 0.5) is 0 Å². The molecule has 1 saturated carbocycles. The number of aromatic nitrogens is 2. The number of hydrogen-bond acceptors (Lipinski definition) is 3. The van der Waals surface area contributed by atoms with E-state index in [0.717, 1.165) is 38.6 Å². The van der Waals surface area contributed by atoms with Gasteiger partial charge in [-0.15, -0.1) is 0 Å². The van der Waals surface area contributed by atoms with Crippen LogP contribution in [-0.4, -0.2) is 49.6 Å². The fraction of sp³-hybridized carbons (Fsp3) is 0.765. The molecule has 1 aliphatic rings. The van der Waals surface area contributed by atoms with Crippen LogP contribution in [0.5, 0.6) is 0 Å². The Morgan fingerprint density at radius 2 is 2.26 bits per heavy atom. The van der Waals surface area contributed by atoms with Crippen molar-refractivity contribution in [3.63, 3.8) is 0 Å². The lowest BCUT2D eigenvalue weighted by molar-refractivity contribution is 0.0732. The number of rotatable bonds is 9. The Morgan fingerprint density at radius 1 is 1.43 bits per heavy atom. The van der Waals surface area contributed by atoms with Crippen molar-refractivity contribution in [3.05, 3.63) is 18.5 Å². The molecule has 2 N–H and O–H groups in total. The van der Waals surface area contributed by atoms with Crippen LogP contribution in [0.3, 0.4) is 0 Å². The first-order valence-corrected chi connectivity index (χ1v) is 8.58. The summed E-state index contributed by atoms with van der Waals surface area (Å²) < 4.78 is 7.22. The molecule has 6 nitrogen and oxygen atoms in total. The molecule has 1 fully saturated rings. The van der Waals surface area contributed by atoms with E-state index < -0.39 is 0 Å². The first-order chi connectivity index (χ1) is 11.2. The summed E-state index contributed by atoms with van der Waals surface area (Å²) >= 11 is 0. The van der Waals surface area contributed by atoms with Crippen LogP contribution in [0.2, 0.25) is 0 Å². The molecule has 0 saturated heterocycles. The molecule has 0 aromatic carbocycles. The lowest BCUT2D eigenvalue weighted by atomic mass is 9.67. The summed E-state index contributed by atoms with van der Waals surface area (Å²) in [6.45, 7) is 5.82. The lowest BCUT2D eigenvalue weighted by Gasteiger charge is -2.42. The predicted octanol–water partition coefficient (Wildman–Crippen LogP) is 1.89. The van der Waals surface area contributed by atoms with E-state index in [1.54, 1.807) is 7.11 Å². The number of guanidine groups is 1. The summed E-state index contributed by atoms with van der Waals surface area (Å²) in [5.41, 5.74) is 0.397. The van der Waals surface area contributed by atoms with Crippen molar-refractivity contribution in [3.8, 4) is 0 Å². The number of nitrogens with zero attached hydrogens (tertiary/aromatic N) is 3. The van der Waals surface area contributed by atoms with Crippen molar-refractivity contribution in [1.29, 1.82) is 0 Å². The van der Waals surface area contributed by atoms with Gasteiger partial charge in [-0.3, -0.25) is 9.67 Å². The van der Waals surface area contributed by atoms with Gasteiger partial charge in [0.2, 0.25) is 0 Å². The van der Waals surface area contributed by atoms with Crippen LogP contribution in [0.25, 0.3) is 0 Å². The van der Waals surface area contributed by atoms with Crippen molar-refractivity contribution in [1.82, 2.24) is 20.4 Å². The highest BCUT2D eigenvalue weighted by molar-refractivity contribution is 5.79. The van der Waals surface area contributed by atoms with E-state index in [4.69, 9.17) is 4.74 Å². The molecule has 1 unspecified atom stereocenters. The molecular formula is C17H31N5O. The first kappa shape index (κ1) is 17.8. The highest BCUT2D eigenvalue weighted by Gasteiger charge is 2.36. The highest BCUT2D eigenvalue weighted by atomic mass is 16.5. The third-order valence-electron chi connectivity index (χ3n) is 4.78. The SMILES string of the molecule is CN=C(NCC(C)Cn1cccn1)NCC1(CCOC)CCC1. The normalized spacial score (nSPS) is 18.3. The zero-order valence-corrected chi connectivity index (χ0v) is 14.7. The summed E-state index contributed by atoms with van der Waals surface area (Å²) in [7, 11) is 3.61. The van der Waals surface area contributed by atoms with Crippen molar-refractivity contribution in [2.45, 2.75) is 39.2 Å². The van der Waals surface area contributed by atoms with Crippen LogP contribution in [0, 0.1) is 11.3 Å². The van der Waals surface area contributed by atoms with Gasteiger partial charge in [0, 0.05) is 52.8 Å². The van der Waals surface area contributed by atoms with Gasteiger partial charge in [0.15, 0.2) is 5.96 Å². The van der Waals surface area contributed by atoms with E-state index in [0.29, 0.717) is 11.3 Å². The molecule has 0 radical (unpaired) electrons. The van der Waals surface area contributed by atoms with Crippen molar-refractivity contribution in [2.75, 3.05) is 33.9 Å². The Morgan fingerprint density at radius 3 is 2.83 bits per heavy atom. The summed E-state index contributed by atoms with van der Waals surface area (Å²) in [5.74, 6) is 1.38. The average Bonchev–Trinajstić information content (AvgIpc) is 3.01. The summed E-state index contributed by atoms with van der Waals surface area (Å²) in [6.07, 6.45) is 8.85. The van der Waals surface area contributed by atoms with Crippen molar-refractivity contribution in [2.24, 2.45) is 16.3 Å². The first-order valence-electron chi connectivity index (χ1n) is 8.58. The van der Waals surface area contributed by atoms with Crippen LogP contribution < -0.4 is 10.6 Å². The minimum atomic E-state index is 0.397. The number of ether oxygens (including phenoxy) is 1. The Bertz CT molecular complexity index is 467. The molecule has 23 heavy (non-hydrogen) atoms. The molecule has 1 atom stereocenters. The summed E-state index contributed by atoms with van der Waals surface area (Å²) in [4.78, 5) is 4.34. The Kier molecular flexibility index (Phi) is 6.89. The minimum Gasteiger partial charge on any atom is -0.385 e. The van der Waals surface area contributed by atoms with Gasteiger partial charge in [0.05, 0.1) is 0 Å². The number of aliphatic imine (C=N–C) groups is 1. The van der Waals surface area contributed by atoms with Crippen LogP contribution >= 0.6 is 0 Å². The number of nitrogens with one attached hydrogen (secondary N) is 2. The molecule has 1 aliphatic carbocycles.